The van der Waals surface area contributed by atoms with Gasteiger partial charge in [0.2, 0.25) is 0 Å². The van der Waals surface area contributed by atoms with E-state index in [0.717, 1.165) is 63.8 Å². The average Bonchev–Trinajstić information content (AvgIpc) is 3.38. The molecule has 8 nitrogen and oxygen atoms in total. The van der Waals surface area contributed by atoms with Gasteiger partial charge in [-0.1, -0.05) is 6.07 Å². The summed E-state index contributed by atoms with van der Waals surface area (Å²) in [5.41, 5.74) is 4.22. The summed E-state index contributed by atoms with van der Waals surface area (Å²) in [6.07, 6.45) is 3.51. The zero-order chi connectivity index (χ0) is 21.2. The molecule has 5 rings (SSSR count). The Bertz CT molecular complexity index is 1180. The molecule has 1 aliphatic heterocycles. The van der Waals surface area contributed by atoms with Gasteiger partial charge in [0.1, 0.15) is 28.5 Å². The Kier molecular flexibility index (Phi) is 5.13. The number of rotatable bonds is 5. The van der Waals surface area contributed by atoms with E-state index in [1.165, 1.54) is 0 Å². The normalized spacial score (nSPS) is 14.1. The maximum Gasteiger partial charge on any atom is 0.130 e. The Hall–Kier alpha value is -3.65. The summed E-state index contributed by atoms with van der Waals surface area (Å²) in [5.74, 6) is 2.34. The van der Waals surface area contributed by atoms with E-state index in [1.54, 1.807) is 26.6 Å². The Labute approximate surface area is 179 Å². The number of morpholine rings is 1. The number of anilines is 1. The van der Waals surface area contributed by atoms with Gasteiger partial charge in [-0.3, -0.25) is 10.1 Å². The van der Waals surface area contributed by atoms with Crippen LogP contribution in [0.25, 0.3) is 33.4 Å². The van der Waals surface area contributed by atoms with Crippen LogP contribution in [0, 0.1) is 0 Å². The highest BCUT2D eigenvalue weighted by Gasteiger charge is 2.22. The van der Waals surface area contributed by atoms with Gasteiger partial charge in [0.25, 0.3) is 0 Å². The molecule has 0 aliphatic carbocycles. The van der Waals surface area contributed by atoms with Gasteiger partial charge in [-0.05, 0) is 30.3 Å². The summed E-state index contributed by atoms with van der Waals surface area (Å²) >= 11 is 0. The van der Waals surface area contributed by atoms with Crippen molar-refractivity contribution in [2.75, 3.05) is 45.4 Å². The fourth-order valence-corrected chi connectivity index (χ4v) is 4.00. The lowest BCUT2D eigenvalue weighted by atomic mass is 9.98. The van der Waals surface area contributed by atoms with E-state index >= 15 is 0 Å². The van der Waals surface area contributed by atoms with E-state index in [4.69, 9.17) is 19.2 Å². The highest BCUT2D eigenvalue weighted by Crippen LogP contribution is 2.43. The van der Waals surface area contributed by atoms with Crippen LogP contribution in [0.1, 0.15) is 0 Å². The number of benzene rings is 1. The van der Waals surface area contributed by atoms with Gasteiger partial charge in [-0.25, -0.2) is 4.98 Å². The number of hydrogen-bond acceptors (Lipinski definition) is 7. The molecule has 1 saturated heterocycles. The van der Waals surface area contributed by atoms with Crippen LogP contribution in [-0.2, 0) is 4.74 Å². The molecule has 8 heteroatoms. The Morgan fingerprint density at radius 1 is 1.00 bits per heavy atom. The second-order valence-electron chi connectivity index (χ2n) is 7.19. The van der Waals surface area contributed by atoms with Gasteiger partial charge < -0.3 is 19.1 Å². The Balaban J connectivity index is 1.83. The van der Waals surface area contributed by atoms with Crippen LogP contribution >= 0.6 is 0 Å². The monoisotopic (exact) mass is 417 g/mol. The fourth-order valence-electron chi connectivity index (χ4n) is 4.00. The molecule has 1 aliphatic rings. The van der Waals surface area contributed by atoms with E-state index < -0.39 is 0 Å². The van der Waals surface area contributed by atoms with Crippen molar-refractivity contribution in [2.24, 2.45) is 0 Å². The van der Waals surface area contributed by atoms with Crippen molar-refractivity contribution in [1.29, 1.82) is 0 Å². The summed E-state index contributed by atoms with van der Waals surface area (Å²) < 4.78 is 17.0. The lowest BCUT2D eigenvalue weighted by Gasteiger charge is -2.29. The minimum Gasteiger partial charge on any atom is -0.496 e. The molecule has 31 heavy (non-hydrogen) atoms. The zero-order valence-electron chi connectivity index (χ0n) is 17.5. The van der Waals surface area contributed by atoms with Crippen LogP contribution in [0.2, 0.25) is 0 Å². The van der Waals surface area contributed by atoms with Crippen LogP contribution in [0.4, 0.5) is 5.82 Å². The van der Waals surface area contributed by atoms with Crippen molar-refractivity contribution < 1.29 is 14.2 Å². The highest BCUT2D eigenvalue weighted by atomic mass is 16.5. The van der Waals surface area contributed by atoms with Crippen LogP contribution in [0.3, 0.4) is 0 Å². The molecule has 0 bridgehead atoms. The minimum atomic E-state index is 0.674. The number of H-pyrrole nitrogens is 1. The first-order chi connectivity index (χ1) is 15.3. The molecule has 4 heterocycles. The van der Waals surface area contributed by atoms with E-state index in [0.29, 0.717) is 13.2 Å². The van der Waals surface area contributed by atoms with E-state index in [1.807, 2.05) is 30.3 Å². The molecule has 0 radical (unpaired) electrons. The first-order valence-corrected chi connectivity index (χ1v) is 10.1. The molecule has 158 valence electrons. The highest BCUT2D eigenvalue weighted by molar-refractivity contribution is 6.03. The number of fused-ring (bicyclic) bond motifs is 1. The van der Waals surface area contributed by atoms with Crippen LogP contribution in [-0.4, -0.2) is 60.7 Å². The Morgan fingerprint density at radius 2 is 1.77 bits per heavy atom. The summed E-state index contributed by atoms with van der Waals surface area (Å²) in [5, 5.41) is 8.06. The van der Waals surface area contributed by atoms with Crippen LogP contribution in [0.5, 0.6) is 11.5 Å². The quantitative estimate of drug-likeness (QED) is 0.532. The summed E-state index contributed by atoms with van der Waals surface area (Å²) in [6.45, 7) is 2.91. The van der Waals surface area contributed by atoms with Crippen LogP contribution < -0.4 is 14.4 Å². The zero-order valence-corrected chi connectivity index (χ0v) is 17.5. The van der Waals surface area contributed by atoms with Gasteiger partial charge in [-0.15, -0.1) is 0 Å². The second kappa shape index (κ2) is 8.23. The second-order valence-corrected chi connectivity index (χ2v) is 7.19. The van der Waals surface area contributed by atoms with Crippen molar-refractivity contribution in [1.82, 2.24) is 20.2 Å². The molecule has 0 atom stereocenters. The fraction of sp³-hybridized carbons (Fsp3) is 0.261. The number of nitrogens with one attached hydrogen (secondary N) is 1. The average molecular weight is 417 g/mol. The lowest BCUT2D eigenvalue weighted by molar-refractivity contribution is 0.122. The van der Waals surface area contributed by atoms with Crippen LogP contribution in [0.15, 0.2) is 48.8 Å². The largest absolute Gasteiger partial charge is 0.496 e. The summed E-state index contributed by atoms with van der Waals surface area (Å²) in [6, 6.07) is 11.8. The maximum absolute atomic E-state index is 5.71. The number of aromatic amines is 1. The summed E-state index contributed by atoms with van der Waals surface area (Å²) in [7, 11) is 3.34. The molecular weight excluding hydrogens is 394 g/mol. The predicted octanol–water partition coefficient (Wildman–Crippen LogP) is 3.54. The summed E-state index contributed by atoms with van der Waals surface area (Å²) in [4.78, 5) is 11.9. The molecule has 1 aromatic carbocycles. The van der Waals surface area contributed by atoms with E-state index in [-0.39, 0.29) is 0 Å². The molecule has 1 N–H and O–H groups in total. The predicted molar refractivity (Wildman–Crippen MR) is 119 cm³/mol. The molecule has 0 unspecified atom stereocenters. The van der Waals surface area contributed by atoms with E-state index in [2.05, 4.69) is 26.1 Å². The van der Waals surface area contributed by atoms with Gasteiger partial charge in [0.15, 0.2) is 0 Å². The van der Waals surface area contributed by atoms with Crippen molar-refractivity contribution in [2.45, 2.75) is 0 Å². The van der Waals surface area contributed by atoms with Gasteiger partial charge in [0.05, 0.1) is 38.7 Å². The molecule has 0 spiro atoms. The third-order valence-electron chi connectivity index (χ3n) is 5.50. The van der Waals surface area contributed by atoms with Crippen molar-refractivity contribution in [3.63, 3.8) is 0 Å². The molecule has 3 aromatic heterocycles. The Morgan fingerprint density at radius 3 is 2.45 bits per heavy atom. The molecular formula is C23H23N5O3. The standard InChI is InChI=1S/C23H23N5O3/c1-29-18-4-3-5-19(30-2)21(18)16-14-20(28-10-12-31-13-11-28)26-22-15(16)6-8-24-23(22)17-7-9-25-27-17/h3-9,14H,10-13H2,1-2H3,(H,25,27). The van der Waals surface area contributed by atoms with Crippen molar-refractivity contribution in [3.05, 3.63) is 48.8 Å². The minimum absolute atomic E-state index is 0.674. The number of nitrogens with zero attached hydrogens (tertiary/aromatic N) is 4. The lowest BCUT2D eigenvalue weighted by Crippen LogP contribution is -2.36. The maximum atomic E-state index is 5.71. The number of aromatic nitrogens is 4. The molecule has 4 aromatic rings. The van der Waals surface area contributed by atoms with Crippen molar-refractivity contribution >= 4 is 16.7 Å². The number of methoxy groups -OCH3 is 2. The molecule has 1 fully saturated rings. The van der Waals surface area contributed by atoms with Crippen molar-refractivity contribution in [3.8, 4) is 34.0 Å². The van der Waals surface area contributed by atoms with Gasteiger partial charge in [-0.2, -0.15) is 5.10 Å². The SMILES string of the molecule is COc1cccc(OC)c1-c1cc(N2CCOCC2)nc2c(-c3ccn[nH]3)nccc12. The first kappa shape index (κ1) is 19.3. The molecule has 0 saturated carbocycles. The third-order valence-corrected chi connectivity index (χ3v) is 5.50. The smallest absolute Gasteiger partial charge is 0.130 e. The first-order valence-electron chi connectivity index (χ1n) is 10.1. The topological polar surface area (TPSA) is 85.4 Å². The number of pyridine rings is 2. The number of hydrogen-bond donors (Lipinski definition) is 1. The molecule has 0 amide bonds. The number of ether oxygens (including phenoxy) is 3. The van der Waals surface area contributed by atoms with Gasteiger partial charge >= 0.3 is 0 Å². The van der Waals surface area contributed by atoms with E-state index in [9.17, 15) is 0 Å². The third kappa shape index (κ3) is 3.44. The van der Waals surface area contributed by atoms with Gasteiger partial charge in [0, 0.05) is 36.4 Å².